The van der Waals surface area contributed by atoms with Crippen molar-refractivity contribution in [1.82, 2.24) is 4.72 Å². The van der Waals surface area contributed by atoms with Gasteiger partial charge in [0.15, 0.2) is 0 Å². The molecule has 0 bridgehead atoms. The Morgan fingerprint density at radius 3 is 2.57 bits per heavy atom. The van der Waals surface area contributed by atoms with Crippen LogP contribution in [0.5, 0.6) is 0 Å². The van der Waals surface area contributed by atoms with Crippen molar-refractivity contribution in [3.05, 3.63) is 28.8 Å². The maximum atomic E-state index is 12.6. The van der Waals surface area contributed by atoms with E-state index in [1.54, 1.807) is 6.07 Å². The Hall–Kier alpha value is -0.910. The fraction of sp³-hybridized carbons (Fsp3) is 0.625. The van der Waals surface area contributed by atoms with Gasteiger partial charge in [0.1, 0.15) is 0 Å². The summed E-state index contributed by atoms with van der Waals surface area (Å²) in [7, 11) is -3.46. The lowest BCUT2D eigenvalue weighted by Crippen LogP contribution is -2.31. The summed E-state index contributed by atoms with van der Waals surface area (Å²) in [6, 6.07) is 3.65. The van der Waals surface area contributed by atoms with Crippen molar-refractivity contribution in [3.8, 4) is 0 Å². The Labute approximate surface area is 128 Å². The third-order valence-corrected chi connectivity index (χ3v) is 6.33. The van der Waals surface area contributed by atoms with Crippen LogP contribution in [0.4, 0.5) is 0 Å². The van der Waals surface area contributed by atoms with E-state index in [2.05, 4.69) is 11.6 Å². The van der Waals surface area contributed by atoms with Crippen LogP contribution in [0.1, 0.15) is 42.9 Å². The minimum Gasteiger partial charge on any atom is -0.326 e. The molecule has 0 saturated heterocycles. The molecule has 2 unspecified atom stereocenters. The van der Waals surface area contributed by atoms with Crippen LogP contribution in [0.25, 0.3) is 0 Å². The van der Waals surface area contributed by atoms with E-state index in [1.165, 1.54) is 12.8 Å². The van der Waals surface area contributed by atoms with Crippen LogP contribution < -0.4 is 10.5 Å². The molecule has 0 aliphatic heterocycles. The standard InChI is InChI=1S/C16H26N2O2S/c1-11-5-4-6-15(11)10-18-21(19,20)16-8-14(9-17)7-12(2)13(16)3/h7-8,11,15,18H,4-6,9-10,17H2,1-3H3. The molecule has 1 aromatic carbocycles. The van der Waals surface area contributed by atoms with Crippen molar-refractivity contribution in [2.45, 2.75) is 51.5 Å². The molecule has 0 radical (unpaired) electrons. The van der Waals surface area contributed by atoms with Crippen LogP contribution in [0.3, 0.4) is 0 Å². The molecule has 0 spiro atoms. The Balaban J connectivity index is 2.21. The Bertz CT molecular complexity index is 611. The maximum absolute atomic E-state index is 12.6. The second kappa shape index (κ2) is 6.46. The van der Waals surface area contributed by atoms with Crippen LogP contribution in [-0.2, 0) is 16.6 Å². The van der Waals surface area contributed by atoms with Crippen molar-refractivity contribution in [1.29, 1.82) is 0 Å². The van der Waals surface area contributed by atoms with E-state index in [4.69, 9.17) is 5.73 Å². The third-order valence-electron chi connectivity index (χ3n) is 4.78. The van der Waals surface area contributed by atoms with Gasteiger partial charge in [0.05, 0.1) is 4.90 Å². The molecule has 0 amide bonds. The number of rotatable bonds is 5. The molecule has 2 atom stereocenters. The Kier molecular flexibility index (Phi) is 5.07. The molecule has 1 saturated carbocycles. The topological polar surface area (TPSA) is 72.2 Å². The van der Waals surface area contributed by atoms with Gasteiger partial charge in [0.2, 0.25) is 10.0 Å². The van der Waals surface area contributed by atoms with E-state index in [0.29, 0.717) is 29.8 Å². The minimum absolute atomic E-state index is 0.350. The average Bonchev–Trinajstić information content (AvgIpc) is 2.84. The lowest BCUT2D eigenvalue weighted by molar-refractivity contribution is 0.414. The predicted octanol–water partition coefficient (Wildman–Crippen LogP) is 2.48. The number of nitrogens with one attached hydrogen (secondary N) is 1. The van der Waals surface area contributed by atoms with Crippen LogP contribution in [0.2, 0.25) is 0 Å². The van der Waals surface area contributed by atoms with E-state index in [-0.39, 0.29) is 0 Å². The first-order valence-electron chi connectivity index (χ1n) is 7.65. The summed E-state index contributed by atoms with van der Waals surface area (Å²) in [5, 5.41) is 0. The van der Waals surface area contributed by atoms with Crippen LogP contribution in [0.15, 0.2) is 17.0 Å². The number of aryl methyl sites for hydroxylation is 1. The molecule has 5 heteroatoms. The molecule has 1 aliphatic rings. The number of benzene rings is 1. The van der Waals surface area contributed by atoms with Gasteiger partial charge in [-0.1, -0.05) is 25.8 Å². The monoisotopic (exact) mass is 310 g/mol. The summed E-state index contributed by atoms with van der Waals surface area (Å²) in [6.07, 6.45) is 3.52. The summed E-state index contributed by atoms with van der Waals surface area (Å²) >= 11 is 0. The van der Waals surface area contributed by atoms with Crippen LogP contribution >= 0.6 is 0 Å². The fourth-order valence-electron chi connectivity index (χ4n) is 3.12. The first-order valence-corrected chi connectivity index (χ1v) is 9.13. The Morgan fingerprint density at radius 2 is 2.00 bits per heavy atom. The van der Waals surface area contributed by atoms with Crippen molar-refractivity contribution < 1.29 is 8.42 Å². The van der Waals surface area contributed by atoms with E-state index >= 15 is 0 Å². The third kappa shape index (κ3) is 3.65. The molecule has 1 fully saturated rings. The Morgan fingerprint density at radius 1 is 1.29 bits per heavy atom. The molecule has 1 aliphatic carbocycles. The molecule has 0 heterocycles. The molecular weight excluding hydrogens is 284 g/mol. The zero-order chi connectivity index (χ0) is 15.6. The number of hydrogen-bond donors (Lipinski definition) is 2. The van der Waals surface area contributed by atoms with Gasteiger partial charge in [-0.25, -0.2) is 13.1 Å². The molecule has 2 rings (SSSR count). The van der Waals surface area contributed by atoms with E-state index in [0.717, 1.165) is 23.1 Å². The highest BCUT2D eigenvalue weighted by atomic mass is 32.2. The number of nitrogens with two attached hydrogens (primary N) is 1. The summed E-state index contributed by atoms with van der Waals surface area (Å²) in [5.74, 6) is 1.06. The van der Waals surface area contributed by atoms with Gasteiger partial charge < -0.3 is 5.73 Å². The van der Waals surface area contributed by atoms with Crippen LogP contribution in [-0.4, -0.2) is 15.0 Å². The second-order valence-electron chi connectivity index (χ2n) is 6.26. The highest BCUT2D eigenvalue weighted by Crippen LogP contribution is 2.31. The quantitative estimate of drug-likeness (QED) is 0.877. The predicted molar refractivity (Wildman–Crippen MR) is 85.5 cm³/mol. The van der Waals surface area contributed by atoms with Crippen molar-refractivity contribution in [2.24, 2.45) is 17.6 Å². The highest BCUT2D eigenvalue weighted by molar-refractivity contribution is 7.89. The molecule has 118 valence electrons. The number of hydrogen-bond acceptors (Lipinski definition) is 3. The van der Waals surface area contributed by atoms with E-state index < -0.39 is 10.0 Å². The lowest BCUT2D eigenvalue weighted by atomic mass is 9.99. The number of sulfonamides is 1. The summed E-state index contributed by atoms with van der Waals surface area (Å²) in [4.78, 5) is 0.369. The van der Waals surface area contributed by atoms with Gasteiger partial charge in [0.25, 0.3) is 0 Å². The van der Waals surface area contributed by atoms with Gasteiger partial charge >= 0.3 is 0 Å². The normalized spacial score (nSPS) is 22.7. The average molecular weight is 310 g/mol. The highest BCUT2D eigenvalue weighted by Gasteiger charge is 2.26. The molecule has 1 aromatic rings. The lowest BCUT2D eigenvalue weighted by Gasteiger charge is -2.18. The zero-order valence-electron chi connectivity index (χ0n) is 13.1. The largest absolute Gasteiger partial charge is 0.326 e. The first kappa shape index (κ1) is 16.5. The summed E-state index contributed by atoms with van der Waals surface area (Å²) in [5.41, 5.74) is 8.28. The molecule has 0 aromatic heterocycles. The smallest absolute Gasteiger partial charge is 0.240 e. The van der Waals surface area contributed by atoms with Crippen molar-refractivity contribution >= 4 is 10.0 Å². The zero-order valence-corrected chi connectivity index (χ0v) is 14.0. The SMILES string of the molecule is Cc1cc(CN)cc(S(=O)(=O)NCC2CCCC2C)c1C. The molecule has 4 nitrogen and oxygen atoms in total. The van der Waals surface area contributed by atoms with Crippen molar-refractivity contribution in [2.75, 3.05) is 6.54 Å². The molecule has 21 heavy (non-hydrogen) atoms. The fourth-order valence-corrected chi connectivity index (χ4v) is 4.58. The molecule has 3 N–H and O–H groups in total. The van der Waals surface area contributed by atoms with Crippen LogP contribution in [0, 0.1) is 25.7 Å². The van der Waals surface area contributed by atoms with Gasteiger partial charge in [0, 0.05) is 13.1 Å². The first-order chi connectivity index (χ1) is 9.85. The van der Waals surface area contributed by atoms with Gasteiger partial charge in [-0.05, 0) is 54.9 Å². The molecular formula is C16H26N2O2S. The van der Waals surface area contributed by atoms with Gasteiger partial charge in [-0.3, -0.25) is 0 Å². The summed E-state index contributed by atoms with van der Waals surface area (Å²) < 4.78 is 28.0. The van der Waals surface area contributed by atoms with Crippen molar-refractivity contribution in [3.63, 3.8) is 0 Å². The summed E-state index contributed by atoms with van der Waals surface area (Å²) in [6.45, 7) is 6.86. The maximum Gasteiger partial charge on any atom is 0.240 e. The minimum atomic E-state index is -3.46. The van der Waals surface area contributed by atoms with E-state index in [9.17, 15) is 8.42 Å². The van der Waals surface area contributed by atoms with Gasteiger partial charge in [-0.2, -0.15) is 0 Å². The van der Waals surface area contributed by atoms with E-state index in [1.807, 2.05) is 19.9 Å². The van der Waals surface area contributed by atoms with Gasteiger partial charge in [-0.15, -0.1) is 0 Å². The second-order valence-corrected chi connectivity index (χ2v) is 8.00.